The van der Waals surface area contributed by atoms with E-state index in [0.29, 0.717) is 11.9 Å². The fraction of sp³-hybridized carbons (Fsp3) is 0.500. The standard InChI is InChI=1S/C26H34N6O2S/c1-20-7-11-22(12-8-20)25(31-17-15-30(16-18-31)23-5-3-4-6-23)26-27-28-29-32(26)19-35(33,34)24-13-9-21(2)10-14-24/h7-14,23,25H,3-6,15-19H2,1-2H3/t25-/m1/s1. The number of piperazine rings is 1. The highest BCUT2D eigenvalue weighted by atomic mass is 32.2. The van der Waals surface area contributed by atoms with Gasteiger partial charge in [0.15, 0.2) is 21.5 Å². The number of tetrazole rings is 1. The Bertz CT molecular complexity index is 1230. The van der Waals surface area contributed by atoms with E-state index < -0.39 is 9.84 Å². The third-order valence-corrected chi connectivity index (χ3v) is 9.00. The Labute approximate surface area is 207 Å². The Morgan fingerprint density at radius 1 is 0.886 bits per heavy atom. The summed E-state index contributed by atoms with van der Waals surface area (Å²) in [5.74, 6) is 0.279. The second-order valence-electron chi connectivity index (χ2n) is 9.92. The van der Waals surface area contributed by atoms with Gasteiger partial charge >= 0.3 is 0 Å². The highest BCUT2D eigenvalue weighted by Crippen LogP contribution is 2.31. The molecule has 1 saturated carbocycles. The molecule has 0 N–H and O–H groups in total. The van der Waals surface area contributed by atoms with Crippen LogP contribution in [-0.2, 0) is 15.7 Å². The minimum atomic E-state index is -3.60. The summed E-state index contributed by atoms with van der Waals surface area (Å²) in [5.41, 5.74) is 3.28. The Kier molecular flexibility index (Phi) is 7.00. The molecule has 2 fully saturated rings. The van der Waals surface area contributed by atoms with Crippen molar-refractivity contribution in [2.75, 3.05) is 26.2 Å². The van der Waals surface area contributed by atoms with Gasteiger partial charge in [-0.2, -0.15) is 0 Å². The predicted molar refractivity (Wildman–Crippen MR) is 135 cm³/mol. The van der Waals surface area contributed by atoms with E-state index in [9.17, 15) is 8.42 Å². The smallest absolute Gasteiger partial charge is 0.198 e. The molecule has 1 aliphatic carbocycles. The quantitative estimate of drug-likeness (QED) is 0.498. The van der Waals surface area contributed by atoms with Crippen LogP contribution in [0.4, 0.5) is 0 Å². The molecule has 5 rings (SSSR count). The van der Waals surface area contributed by atoms with E-state index in [1.807, 2.05) is 19.1 Å². The van der Waals surface area contributed by atoms with Crippen LogP contribution in [0.25, 0.3) is 0 Å². The number of nitrogens with zero attached hydrogens (tertiary/aromatic N) is 6. The van der Waals surface area contributed by atoms with Gasteiger partial charge in [-0.25, -0.2) is 13.1 Å². The average Bonchev–Trinajstić information content (AvgIpc) is 3.54. The van der Waals surface area contributed by atoms with E-state index in [1.165, 1.54) is 35.9 Å². The lowest BCUT2D eigenvalue weighted by Crippen LogP contribution is -2.51. The molecule has 0 unspecified atom stereocenters. The van der Waals surface area contributed by atoms with Crippen LogP contribution in [-0.4, -0.2) is 70.6 Å². The molecule has 2 heterocycles. The van der Waals surface area contributed by atoms with E-state index in [-0.39, 0.29) is 16.8 Å². The van der Waals surface area contributed by atoms with E-state index >= 15 is 0 Å². The zero-order valence-corrected chi connectivity index (χ0v) is 21.4. The molecule has 9 heteroatoms. The third-order valence-electron chi connectivity index (χ3n) is 7.42. The van der Waals surface area contributed by atoms with Crippen LogP contribution in [0.3, 0.4) is 0 Å². The Morgan fingerprint density at radius 2 is 1.49 bits per heavy atom. The largest absolute Gasteiger partial charge is 0.298 e. The second-order valence-corrected chi connectivity index (χ2v) is 11.9. The fourth-order valence-corrected chi connectivity index (χ4v) is 6.59. The van der Waals surface area contributed by atoms with Crippen LogP contribution in [0.15, 0.2) is 53.4 Å². The minimum absolute atomic E-state index is 0.204. The molecule has 186 valence electrons. The summed E-state index contributed by atoms with van der Waals surface area (Å²) in [7, 11) is -3.60. The molecular weight excluding hydrogens is 460 g/mol. The highest BCUT2D eigenvalue weighted by molar-refractivity contribution is 7.90. The first-order valence-electron chi connectivity index (χ1n) is 12.5. The van der Waals surface area contributed by atoms with Gasteiger partial charge in [0, 0.05) is 32.2 Å². The van der Waals surface area contributed by atoms with Crippen molar-refractivity contribution in [3.8, 4) is 0 Å². The van der Waals surface area contributed by atoms with Gasteiger partial charge in [-0.15, -0.1) is 5.10 Å². The van der Waals surface area contributed by atoms with Crippen LogP contribution in [0.1, 0.15) is 54.2 Å². The van der Waals surface area contributed by atoms with Gasteiger partial charge in [-0.3, -0.25) is 9.80 Å². The van der Waals surface area contributed by atoms with Crippen molar-refractivity contribution in [2.24, 2.45) is 0 Å². The van der Waals surface area contributed by atoms with Gasteiger partial charge in [0.25, 0.3) is 0 Å². The van der Waals surface area contributed by atoms with Gasteiger partial charge in [-0.1, -0.05) is 60.4 Å². The minimum Gasteiger partial charge on any atom is -0.298 e. The number of aryl methyl sites for hydroxylation is 2. The normalized spacial score (nSPS) is 19.3. The lowest BCUT2D eigenvalue weighted by molar-refractivity contribution is 0.0772. The number of aromatic nitrogens is 4. The molecule has 3 aromatic rings. The Balaban J connectivity index is 1.43. The molecule has 0 radical (unpaired) electrons. The summed E-state index contributed by atoms with van der Waals surface area (Å²) in [4.78, 5) is 5.30. The van der Waals surface area contributed by atoms with Gasteiger partial charge in [-0.05, 0) is 54.8 Å². The molecule has 0 amide bonds. The summed E-state index contributed by atoms with van der Waals surface area (Å²) < 4.78 is 27.9. The van der Waals surface area contributed by atoms with Crippen LogP contribution in [0.2, 0.25) is 0 Å². The van der Waals surface area contributed by atoms with E-state index in [2.05, 4.69) is 56.5 Å². The van der Waals surface area contributed by atoms with Crippen molar-refractivity contribution in [1.82, 2.24) is 30.0 Å². The molecule has 0 spiro atoms. The predicted octanol–water partition coefficient (Wildman–Crippen LogP) is 3.37. The van der Waals surface area contributed by atoms with Crippen molar-refractivity contribution >= 4 is 9.84 Å². The SMILES string of the molecule is Cc1ccc([C@H](c2nnnn2CS(=O)(=O)c2ccc(C)cc2)N2CCN(C3CCCC3)CC2)cc1. The van der Waals surface area contributed by atoms with Crippen LogP contribution in [0, 0.1) is 13.8 Å². The van der Waals surface area contributed by atoms with Gasteiger partial charge in [0.2, 0.25) is 0 Å². The third kappa shape index (κ3) is 5.32. The van der Waals surface area contributed by atoms with Crippen molar-refractivity contribution in [3.63, 3.8) is 0 Å². The summed E-state index contributed by atoms with van der Waals surface area (Å²) >= 11 is 0. The molecule has 8 nitrogen and oxygen atoms in total. The first-order chi connectivity index (χ1) is 16.9. The summed E-state index contributed by atoms with van der Waals surface area (Å²) in [6.07, 6.45) is 5.27. The topological polar surface area (TPSA) is 84.2 Å². The van der Waals surface area contributed by atoms with Crippen molar-refractivity contribution in [2.45, 2.75) is 62.4 Å². The molecule has 1 saturated heterocycles. The van der Waals surface area contributed by atoms with Crippen LogP contribution in [0.5, 0.6) is 0 Å². The fourth-order valence-electron chi connectivity index (χ4n) is 5.38. The van der Waals surface area contributed by atoms with Gasteiger partial charge in [0.05, 0.1) is 10.9 Å². The number of hydrogen-bond acceptors (Lipinski definition) is 7. The van der Waals surface area contributed by atoms with Gasteiger partial charge in [0.1, 0.15) is 0 Å². The van der Waals surface area contributed by atoms with E-state index in [0.717, 1.165) is 37.3 Å². The maximum atomic E-state index is 13.2. The molecular formula is C26H34N6O2S. The van der Waals surface area contributed by atoms with Crippen LogP contribution >= 0.6 is 0 Å². The zero-order chi connectivity index (χ0) is 24.4. The first kappa shape index (κ1) is 24.1. The van der Waals surface area contributed by atoms with Crippen molar-refractivity contribution in [1.29, 1.82) is 0 Å². The molecule has 1 atom stereocenters. The van der Waals surface area contributed by atoms with Crippen molar-refractivity contribution in [3.05, 3.63) is 71.0 Å². The highest BCUT2D eigenvalue weighted by Gasteiger charge is 2.34. The van der Waals surface area contributed by atoms with Crippen molar-refractivity contribution < 1.29 is 8.42 Å². The maximum Gasteiger partial charge on any atom is 0.198 e. The first-order valence-corrected chi connectivity index (χ1v) is 14.2. The second kappa shape index (κ2) is 10.2. The molecule has 35 heavy (non-hydrogen) atoms. The molecule has 0 bridgehead atoms. The Hall–Kier alpha value is -2.62. The molecule has 1 aromatic heterocycles. The number of hydrogen-bond donors (Lipinski definition) is 0. The summed E-state index contributed by atoms with van der Waals surface area (Å²) in [5, 5.41) is 12.4. The zero-order valence-electron chi connectivity index (χ0n) is 20.5. The lowest BCUT2D eigenvalue weighted by Gasteiger charge is -2.41. The summed E-state index contributed by atoms with van der Waals surface area (Å²) in [6, 6.07) is 15.8. The number of sulfone groups is 1. The maximum absolute atomic E-state index is 13.2. The lowest BCUT2D eigenvalue weighted by atomic mass is 10.0. The summed E-state index contributed by atoms with van der Waals surface area (Å²) in [6.45, 7) is 7.82. The van der Waals surface area contributed by atoms with Crippen LogP contribution < -0.4 is 0 Å². The molecule has 2 aliphatic rings. The van der Waals surface area contributed by atoms with Gasteiger partial charge < -0.3 is 0 Å². The average molecular weight is 495 g/mol. The monoisotopic (exact) mass is 494 g/mol. The van der Waals surface area contributed by atoms with E-state index in [4.69, 9.17) is 0 Å². The molecule has 2 aromatic carbocycles. The number of rotatable bonds is 7. The number of benzene rings is 2. The van der Waals surface area contributed by atoms with E-state index in [1.54, 1.807) is 12.1 Å². The molecule has 1 aliphatic heterocycles. The Morgan fingerprint density at radius 3 is 2.11 bits per heavy atom.